The van der Waals surface area contributed by atoms with E-state index in [4.69, 9.17) is 5.73 Å². The van der Waals surface area contributed by atoms with E-state index in [0.29, 0.717) is 12.1 Å². The zero-order chi connectivity index (χ0) is 20.6. The summed E-state index contributed by atoms with van der Waals surface area (Å²) in [6, 6.07) is 0.0153. The molecule has 0 unspecified atom stereocenters. The van der Waals surface area contributed by atoms with E-state index in [0.717, 1.165) is 4.57 Å². The van der Waals surface area contributed by atoms with E-state index in [2.05, 4.69) is 10.2 Å². The highest BCUT2D eigenvalue weighted by Gasteiger charge is 2.40. The third-order valence-electron chi connectivity index (χ3n) is 4.45. The van der Waals surface area contributed by atoms with E-state index in [1.807, 2.05) is 0 Å². The number of carbonyl (C=O) groups excluding carboxylic acids is 1. The van der Waals surface area contributed by atoms with Crippen molar-refractivity contribution in [2.45, 2.75) is 38.1 Å². The molecule has 2 heterocycles. The zero-order valence-corrected chi connectivity index (χ0v) is 14.3. The standard InChI is InChI=1S/C16H15F6N5O/c17-9-6-11(19)10(18)5-8(9)1-2-12(23)14(28)26-3-4-27-13(7-26)24-25-15(27)16(20,21)22/h5-6,12H,1-4,7,23H2/t12-/m1/s1. The van der Waals surface area contributed by atoms with Crippen molar-refractivity contribution in [3.05, 3.63) is 46.8 Å². The summed E-state index contributed by atoms with van der Waals surface area (Å²) in [5, 5.41) is 6.59. The molecule has 0 radical (unpaired) electrons. The number of benzene rings is 1. The topological polar surface area (TPSA) is 77.0 Å². The van der Waals surface area contributed by atoms with E-state index in [1.54, 1.807) is 0 Å². The number of nitrogens with two attached hydrogens (primary N) is 1. The molecule has 12 heteroatoms. The Hall–Kier alpha value is -2.63. The van der Waals surface area contributed by atoms with Gasteiger partial charge in [-0.05, 0) is 24.5 Å². The molecule has 1 aliphatic rings. The second-order valence-corrected chi connectivity index (χ2v) is 6.35. The zero-order valence-electron chi connectivity index (χ0n) is 14.3. The van der Waals surface area contributed by atoms with Crippen LogP contribution in [0.5, 0.6) is 0 Å². The normalized spacial score (nSPS) is 15.5. The molecule has 6 nitrogen and oxygen atoms in total. The van der Waals surface area contributed by atoms with Gasteiger partial charge in [-0.2, -0.15) is 13.2 Å². The van der Waals surface area contributed by atoms with Crippen molar-refractivity contribution in [2.24, 2.45) is 5.73 Å². The number of alkyl halides is 3. The Morgan fingerprint density at radius 1 is 1.11 bits per heavy atom. The number of aryl methyl sites for hydroxylation is 1. The summed E-state index contributed by atoms with van der Waals surface area (Å²) in [5.41, 5.74) is 5.67. The van der Waals surface area contributed by atoms with Crippen molar-refractivity contribution in [2.75, 3.05) is 6.54 Å². The number of hydrogen-bond acceptors (Lipinski definition) is 4. The van der Waals surface area contributed by atoms with Gasteiger partial charge in [0.2, 0.25) is 11.7 Å². The van der Waals surface area contributed by atoms with E-state index >= 15 is 0 Å². The van der Waals surface area contributed by atoms with Crippen LogP contribution >= 0.6 is 0 Å². The van der Waals surface area contributed by atoms with E-state index in [1.165, 1.54) is 4.90 Å². The van der Waals surface area contributed by atoms with E-state index in [9.17, 15) is 31.1 Å². The summed E-state index contributed by atoms with van der Waals surface area (Å²) >= 11 is 0. The Balaban J connectivity index is 1.63. The average Bonchev–Trinajstić information content (AvgIpc) is 3.06. The van der Waals surface area contributed by atoms with Crippen molar-refractivity contribution in [1.29, 1.82) is 0 Å². The fourth-order valence-electron chi connectivity index (χ4n) is 2.98. The third-order valence-corrected chi connectivity index (χ3v) is 4.45. The van der Waals surface area contributed by atoms with Crippen molar-refractivity contribution >= 4 is 5.91 Å². The molecule has 0 saturated heterocycles. The minimum atomic E-state index is -4.65. The molecule has 0 saturated carbocycles. The molecule has 0 spiro atoms. The lowest BCUT2D eigenvalue weighted by molar-refractivity contribution is -0.148. The van der Waals surface area contributed by atoms with Crippen LogP contribution in [0.4, 0.5) is 26.3 Å². The smallest absolute Gasteiger partial charge is 0.332 e. The Labute approximate surface area is 154 Å². The van der Waals surface area contributed by atoms with Crippen molar-refractivity contribution in [1.82, 2.24) is 19.7 Å². The van der Waals surface area contributed by atoms with Gasteiger partial charge in [-0.25, -0.2) is 13.2 Å². The minimum absolute atomic E-state index is 0.0224. The van der Waals surface area contributed by atoms with Gasteiger partial charge < -0.3 is 15.2 Å². The van der Waals surface area contributed by atoms with Gasteiger partial charge in [0.25, 0.3) is 0 Å². The Morgan fingerprint density at radius 3 is 2.46 bits per heavy atom. The minimum Gasteiger partial charge on any atom is -0.332 e. The van der Waals surface area contributed by atoms with Gasteiger partial charge in [-0.3, -0.25) is 4.79 Å². The van der Waals surface area contributed by atoms with Gasteiger partial charge in [0.1, 0.15) is 5.82 Å². The molecule has 152 valence electrons. The van der Waals surface area contributed by atoms with Gasteiger partial charge in [-0.15, -0.1) is 10.2 Å². The van der Waals surface area contributed by atoms with Crippen LogP contribution in [0.3, 0.4) is 0 Å². The Bertz CT molecular complexity index is 896. The first-order valence-electron chi connectivity index (χ1n) is 8.25. The molecular formula is C16H15F6N5O. The number of amides is 1. The van der Waals surface area contributed by atoms with Gasteiger partial charge in [0.15, 0.2) is 17.5 Å². The van der Waals surface area contributed by atoms with Gasteiger partial charge in [0.05, 0.1) is 12.6 Å². The highest BCUT2D eigenvalue weighted by atomic mass is 19.4. The van der Waals surface area contributed by atoms with Crippen LogP contribution in [0.25, 0.3) is 0 Å². The van der Waals surface area contributed by atoms with E-state index in [-0.39, 0.29) is 43.9 Å². The first-order chi connectivity index (χ1) is 13.1. The molecular weight excluding hydrogens is 392 g/mol. The summed E-state index contributed by atoms with van der Waals surface area (Å²) in [6.45, 7) is -0.372. The molecule has 28 heavy (non-hydrogen) atoms. The fraction of sp³-hybridized carbons (Fsp3) is 0.438. The first-order valence-corrected chi connectivity index (χ1v) is 8.25. The van der Waals surface area contributed by atoms with Gasteiger partial charge in [-0.1, -0.05) is 0 Å². The Morgan fingerprint density at radius 2 is 1.79 bits per heavy atom. The SMILES string of the molecule is N[C@H](CCc1cc(F)c(F)cc1F)C(=O)N1CCn2c(nnc2C(F)(F)F)C1. The summed E-state index contributed by atoms with van der Waals surface area (Å²) in [5.74, 6) is -5.21. The lowest BCUT2D eigenvalue weighted by Gasteiger charge is -2.30. The quantitative estimate of drug-likeness (QED) is 0.622. The second kappa shape index (κ2) is 7.41. The predicted octanol–water partition coefficient (Wildman–Crippen LogP) is 2.02. The molecule has 3 rings (SSSR count). The number of fused-ring (bicyclic) bond motifs is 1. The first kappa shape index (κ1) is 20.1. The molecule has 2 N–H and O–H groups in total. The number of halogens is 6. The van der Waals surface area contributed by atoms with Gasteiger partial charge >= 0.3 is 6.18 Å². The number of hydrogen-bond donors (Lipinski definition) is 1. The van der Waals surface area contributed by atoms with Crippen LogP contribution < -0.4 is 5.73 Å². The molecule has 0 bridgehead atoms. The molecule has 1 aliphatic heterocycles. The van der Waals surface area contributed by atoms with Crippen LogP contribution in [-0.4, -0.2) is 38.2 Å². The maximum Gasteiger partial charge on any atom is 0.451 e. The van der Waals surface area contributed by atoms with Crippen molar-refractivity contribution < 1.29 is 31.1 Å². The highest BCUT2D eigenvalue weighted by molar-refractivity contribution is 5.81. The van der Waals surface area contributed by atoms with Crippen LogP contribution in [0.1, 0.15) is 23.6 Å². The fourth-order valence-corrected chi connectivity index (χ4v) is 2.98. The number of carbonyl (C=O) groups is 1. The summed E-state index contributed by atoms with van der Waals surface area (Å²) < 4.78 is 79.2. The van der Waals surface area contributed by atoms with E-state index < -0.39 is 41.4 Å². The average molecular weight is 407 g/mol. The predicted molar refractivity (Wildman–Crippen MR) is 83.1 cm³/mol. The monoisotopic (exact) mass is 407 g/mol. The molecule has 2 aromatic rings. The molecule has 1 aromatic heterocycles. The summed E-state index contributed by atoms with van der Waals surface area (Å²) in [4.78, 5) is 13.7. The molecule has 0 aliphatic carbocycles. The highest BCUT2D eigenvalue weighted by Crippen LogP contribution is 2.29. The molecule has 0 fully saturated rings. The van der Waals surface area contributed by atoms with Crippen molar-refractivity contribution in [3.8, 4) is 0 Å². The summed E-state index contributed by atoms with van der Waals surface area (Å²) in [6.07, 6.45) is -4.82. The van der Waals surface area contributed by atoms with Crippen molar-refractivity contribution in [3.63, 3.8) is 0 Å². The van der Waals surface area contributed by atoms with Crippen LogP contribution in [0, 0.1) is 17.5 Å². The van der Waals surface area contributed by atoms with Crippen LogP contribution in [-0.2, 0) is 30.5 Å². The molecule has 1 aromatic carbocycles. The molecule has 1 amide bonds. The number of rotatable bonds is 4. The second-order valence-electron chi connectivity index (χ2n) is 6.35. The number of aromatic nitrogens is 3. The summed E-state index contributed by atoms with van der Waals surface area (Å²) in [7, 11) is 0. The van der Waals surface area contributed by atoms with Crippen LogP contribution in [0.15, 0.2) is 12.1 Å². The lowest BCUT2D eigenvalue weighted by Crippen LogP contribution is -2.47. The third kappa shape index (κ3) is 3.96. The van der Waals surface area contributed by atoms with Crippen LogP contribution in [0.2, 0.25) is 0 Å². The Kier molecular flexibility index (Phi) is 5.33. The maximum atomic E-state index is 13.6. The maximum absolute atomic E-state index is 13.6. The number of nitrogens with zero attached hydrogens (tertiary/aromatic N) is 4. The largest absolute Gasteiger partial charge is 0.451 e. The van der Waals surface area contributed by atoms with Gasteiger partial charge in [0, 0.05) is 19.2 Å². The molecule has 1 atom stereocenters. The lowest BCUT2D eigenvalue weighted by atomic mass is 10.0.